The highest BCUT2D eigenvalue weighted by Gasteiger charge is 2.27. The predicted molar refractivity (Wildman–Crippen MR) is 71.7 cm³/mol. The Kier molecular flexibility index (Phi) is 5.96. The average Bonchev–Trinajstić information content (AvgIpc) is 2.37. The Hall–Kier alpha value is -0.570. The van der Waals surface area contributed by atoms with E-state index in [0.717, 1.165) is 31.6 Å². The van der Waals surface area contributed by atoms with E-state index in [1.54, 1.807) is 0 Å². The second-order valence-corrected chi connectivity index (χ2v) is 5.43. The van der Waals surface area contributed by atoms with Crippen LogP contribution in [0.25, 0.3) is 0 Å². The zero-order valence-electron chi connectivity index (χ0n) is 11.6. The smallest absolute Gasteiger partial charge is 0.239 e. The van der Waals surface area contributed by atoms with Crippen LogP contribution in [0.1, 0.15) is 58.8 Å². The van der Waals surface area contributed by atoms with Crippen molar-refractivity contribution in [3.8, 4) is 0 Å². The van der Waals surface area contributed by atoms with Gasteiger partial charge in [-0.05, 0) is 38.0 Å². The molecule has 1 fully saturated rings. The van der Waals surface area contributed by atoms with Crippen molar-refractivity contribution >= 4 is 5.91 Å². The largest absolute Gasteiger partial charge is 0.341 e. The van der Waals surface area contributed by atoms with Crippen LogP contribution >= 0.6 is 0 Å². The maximum absolute atomic E-state index is 12.1. The van der Waals surface area contributed by atoms with E-state index in [1.807, 2.05) is 11.9 Å². The van der Waals surface area contributed by atoms with Crippen molar-refractivity contribution in [2.75, 3.05) is 7.05 Å². The second-order valence-electron chi connectivity index (χ2n) is 5.43. The summed E-state index contributed by atoms with van der Waals surface area (Å²) < 4.78 is 0. The summed E-state index contributed by atoms with van der Waals surface area (Å²) in [6.45, 7) is 4.33. The SMILES string of the molecule is CCC[C@H](N)C(=O)N(C)C1CCC(CC)CC1. The summed E-state index contributed by atoms with van der Waals surface area (Å²) in [5.74, 6) is 1.01. The molecule has 0 aromatic carbocycles. The molecule has 0 saturated heterocycles. The lowest BCUT2D eigenvalue weighted by Gasteiger charge is -2.35. The molecule has 100 valence electrons. The Balaban J connectivity index is 2.42. The topological polar surface area (TPSA) is 46.3 Å². The molecule has 1 rings (SSSR count). The first-order chi connectivity index (χ1) is 8.10. The second kappa shape index (κ2) is 7.00. The number of likely N-dealkylation sites (N-methyl/N-ethyl adjacent to an activating group) is 1. The lowest BCUT2D eigenvalue weighted by atomic mass is 9.84. The van der Waals surface area contributed by atoms with Gasteiger partial charge in [0, 0.05) is 13.1 Å². The van der Waals surface area contributed by atoms with Crippen LogP contribution < -0.4 is 5.73 Å². The van der Waals surface area contributed by atoms with Crippen LogP contribution in [0.15, 0.2) is 0 Å². The van der Waals surface area contributed by atoms with Gasteiger partial charge in [0.25, 0.3) is 0 Å². The summed E-state index contributed by atoms with van der Waals surface area (Å²) in [7, 11) is 1.93. The zero-order valence-corrected chi connectivity index (χ0v) is 11.6. The molecule has 1 aliphatic rings. The molecule has 0 spiro atoms. The molecule has 17 heavy (non-hydrogen) atoms. The highest BCUT2D eigenvalue weighted by molar-refractivity contribution is 5.81. The van der Waals surface area contributed by atoms with Crippen LogP contribution in [-0.2, 0) is 4.79 Å². The van der Waals surface area contributed by atoms with Crippen molar-refractivity contribution in [1.29, 1.82) is 0 Å². The van der Waals surface area contributed by atoms with Gasteiger partial charge in [0.15, 0.2) is 0 Å². The standard InChI is InChI=1S/C14H28N2O/c1-4-6-13(15)14(17)16(3)12-9-7-11(5-2)8-10-12/h11-13H,4-10,15H2,1-3H3/t11?,12?,13-/m0/s1. The Morgan fingerprint density at radius 2 is 1.88 bits per heavy atom. The molecule has 3 heteroatoms. The third kappa shape index (κ3) is 3.98. The first-order valence-electron chi connectivity index (χ1n) is 7.12. The molecule has 0 heterocycles. The molecule has 1 amide bonds. The highest BCUT2D eigenvalue weighted by atomic mass is 16.2. The first-order valence-corrected chi connectivity index (χ1v) is 7.12. The predicted octanol–water partition coefficient (Wildman–Crippen LogP) is 2.54. The van der Waals surface area contributed by atoms with Crippen LogP contribution in [0.4, 0.5) is 0 Å². The van der Waals surface area contributed by atoms with Crippen LogP contribution in [0.2, 0.25) is 0 Å². The van der Waals surface area contributed by atoms with E-state index in [0.29, 0.717) is 6.04 Å². The molecule has 2 N–H and O–H groups in total. The van der Waals surface area contributed by atoms with Crippen LogP contribution in [-0.4, -0.2) is 29.9 Å². The summed E-state index contributed by atoms with van der Waals surface area (Å²) >= 11 is 0. The number of carbonyl (C=O) groups is 1. The van der Waals surface area contributed by atoms with Crippen molar-refractivity contribution in [3.05, 3.63) is 0 Å². The van der Waals surface area contributed by atoms with Crippen molar-refractivity contribution in [1.82, 2.24) is 4.90 Å². The third-order valence-corrected chi connectivity index (χ3v) is 4.21. The van der Waals surface area contributed by atoms with Crippen LogP contribution in [0.3, 0.4) is 0 Å². The van der Waals surface area contributed by atoms with Crippen molar-refractivity contribution in [2.24, 2.45) is 11.7 Å². The number of hydrogen-bond acceptors (Lipinski definition) is 2. The zero-order chi connectivity index (χ0) is 12.8. The molecule has 1 aliphatic carbocycles. The summed E-state index contributed by atoms with van der Waals surface area (Å²) in [4.78, 5) is 14.0. The third-order valence-electron chi connectivity index (χ3n) is 4.21. The van der Waals surface area contributed by atoms with Gasteiger partial charge >= 0.3 is 0 Å². The number of rotatable bonds is 5. The summed E-state index contributed by atoms with van der Waals surface area (Å²) in [5.41, 5.74) is 5.90. The molecule has 1 atom stereocenters. The molecule has 1 saturated carbocycles. The Morgan fingerprint density at radius 1 is 1.29 bits per heavy atom. The van der Waals surface area contributed by atoms with Gasteiger partial charge in [-0.15, -0.1) is 0 Å². The van der Waals surface area contributed by atoms with Gasteiger partial charge in [-0.25, -0.2) is 0 Å². The van der Waals surface area contributed by atoms with Gasteiger partial charge < -0.3 is 10.6 Å². The Labute approximate surface area is 106 Å². The van der Waals surface area contributed by atoms with E-state index in [4.69, 9.17) is 5.73 Å². The molecular formula is C14H28N2O. The lowest BCUT2D eigenvalue weighted by molar-refractivity contribution is -0.134. The van der Waals surface area contributed by atoms with E-state index >= 15 is 0 Å². The van der Waals surface area contributed by atoms with Gasteiger partial charge in [-0.1, -0.05) is 26.7 Å². The van der Waals surface area contributed by atoms with Gasteiger partial charge in [-0.2, -0.15) is 0 Å². The van der Waals surface area contributed by atoms with Crippen LogP contribution in [0.5, 0.6) is 0 Å². The Bertz CT molecular complexity index is 234. The van der Waals surface area contributed by atoms with Crippen LogP contribution in [0, 0.1) is 5.92 Å². The number of nitrogens with two attached hydrogens (primary N) is 1. The summed E-state index contributed by atoms with van der Waals surface area (Å²) in [6, 6.07) is 0.127. The number of amides is 1. The van der Waals surface area contributed by atoms with Gasteiger partial charge in [0.2, 0.25) is 5.91 Å². The molecule has 0 bridgehead atoms. The molecule has 0 aromatic heterocycles. The molecule has 0 radical (unpaired) electrons. The lowest BCUT2D eigenvalue weighted by Crippen LogP contribution is -2.47. The van der Waals surface area contributed by atoms with E-state index in [-0.39, 0.29) is 11.9 Å². The van der Waals surface area contributed by atoms with Crippen molar-refractivity contribution in [2.45, 2.75) is 70.9 Å². The fourth-order valence-corrected chi connectivity index (χ4v) is 2.82. The minimum Gasteiger partial charge on any atom is -0.341 e. The number of hydrogen-bond donors (Lipinski definition) is 1. The van der Waals surface area contributed by atoms with Gasteiger partial charge in [0.05, 0.1) is 6.04 Å². The Morgan fingerprint density at radius 3 is 2.35 bits per heavy atom. The molecule has 0 aliphatic heterocycles. The number of carbonyl (C=O) groups excluding carboxylic acids is 1. The van der Waals surface area contributed by atoms with E-state index in [2.05, 4.69) is 13.8 Å². The molecule has 0 aromatic rings. The quantitative estimate of drug-likeness (QED) is 0.802. The van der Waals surface area contributed by atoms with Crippen molar-refractivity contribution in [3.63, 3.8) is 0 Å². The first kappa shape index (κ1) is 14.5. The maximum atomic E-state index is 12.1. The van der Waals surface area contributed by atoms with E-state index in [1.165, 1.54) is 19.3 Å². The molecule has 0 unspecified atom stereocenters. The van der Waals surface area contributed by atoms with Gasteiger partial charge in [-0.3, -0.25) is 4.79 Å². The molecular weight excluding hydrogens is 212 g/mol. The van der Waals surface area contributed by atoms with Gasteiger partial charge in [0.1, 0.15) is 0 Å². The minimum absolute atomic E-state index is 0.131. The monoisotopic (exact) mass is 240 g/mol. The highest BCUT2D eigenvalue weighted by Crippen LogP contribution is 2.29. The fourth-order valence-electron chi connectivity index (χ4n) is 2.82. The van der Waals surface area contributed by atoms with E-state index in [9.17, 15) is 4.79 Å². The summed E-state index contributed by atoms with van der Waals surface area (Å²) in [6.07, 6.45) is 7.89. The average molecular weight is 240 g/mol. The normalized spacial score (nSPS) is 26.6. The van der Waals surface area contributed by atoms with Crippen molar-refractivity contribution < 1.29 is 4.79 Å². The fraction of sp³-hybridized carbons (Fsp3) is 0.929. The van der Waals surface area contributed by atoms with E-state index < -0.39 is 0 Å². The maximum Gasteiger partial charge on any atom is 0.239 e. The molecule has 3 nitrogen and oxygen atoms in total. The minimum atomic E-state index is -0.297. The summed E-state index contributed by atoms with van der Waals surface area (Å²) in [5, 5.41) is 0. The number of nitrogens with zero attached hydrogens (tertiary/aromatic N) is 1.